The summed E-state index contributed by atoms with van der Waals surface area (Å²) in [4.78, 5) is 31.1. The van der Waals surface area contributed by atoms with Gasteiger partial charge in [0.1, 0.15) is 11.1 Å². The van der Waals surface area contributed by atoms with Crippen LogP contribution in [0.3, 0.4) is 0 Å². The van der Waals surface area contributed by atoms with Crippen molar-refractivity contribution in [1.82, 2.24) is 4.98 Å². The van der Waals surface area contributed by atoms with E-state index in [0.717, 1.165) is 11.3 Å². The average molecular weight is 385 g/mol. The first kappa shape index (κ1) is 18.0. The van der Waals surface area contributed by atoms with E-state index in [0.29, 0.717) is 16.3 Å². The van der Waals surface area contributed by atoms with E-state index < -0.39 is 5.25 Å². The fourth-order valence-electron chi connectivity index (χ4n) is 3.06. The Kier molecular flexibility index (Phi) is 4.92. The number of pyridine rings is 1. The molecule has 1 atom stereocenters. The SMILES string of the molecule is N#Cc1ccc(-c2ccccc2)nc1SC1CC(=O)N(c2ccccc2)C1=O. The van der Waals surface area contributed by atoms with E-state index in [2.05, 4.69) is 11.1 Å². The van der Waals surface area contributed by atoms with Gasteiger partial charge >= 0.3 is 0 Å². The molecule has 0 aliphatic carbocycles. The van der Waals surface area contributed by atoms with Crippen LogP contribution in [0.25, 0.3) is 11.3 Å². The number of hydrogen-bond acceptors (Lipinski definition) is 5. The van der Waals surface area contributed by atoms with Gasteiger partial charge in [0, 0.05) is 12.0 Å². The number of amides is 2. The first-order chi connectivity index (χ1) is 13.7. The zero-order valence-corrected chi connectivity index (χ0v) is 15.6. The van der Waals surface area contributed by atoms with E-state index in [9.17, 15) is 14.9 Å². The number of hydrogen-bond donors (Lipinski definition) is 0. The van der Waals surface area contributed by atoms with Gasteiger partial charge in [0.15, 0.2) is 0 Å². The van der Waals surface area contributed by atoms with E-state index in [1.165, 1.54) is 16.7 Å². The minimum Gasteiger partial charge on any atom is -0.274 e. The van der Waals surface area contributed by atoms with Crippen molar-refractivity contribution in [2.45, 2.75) is 16.7 Å². The van der Waals surface area contributed by atoms with Crippen LogP contribution in [0.15, 0.2) is 77.8 Å². The van der Waals surface area contributed by atoms with E-state index in [1.54, 1.807) is 36.4 Å². The summed E-state index contributed by atoms with van der Waals surface area (Å²) in [5, 5.41) is 9.30. The zero-order valence-electron chi connectivity index (χ0n) is 14.8. The number of nitriles is 1. The Labute approximate surface area is 166 Å². The van der Waals surface area contributed by atoms with Gasteiger partial charge in [0.05, 0.1) is 22.2 Å². The number of thioether (sulfide) groups is 1. The van der Waals surface area contributed by atoms with Crippen LogP contribution < -0.4 is 4.90 Å². The Bertz CT molecular complexity index is 1080. The smallest absolute Gasteiger partial charge is 0.247 e. The third-order valence-electron chi connectivity index (χ3n) is 4.42. The van der Waals surface area contributed by atoms with E-state index in [-0.39, 0.29) is 18.2 Å². The number of aromatic nitrogens is 1. The number of anilines is 1. The van der Waals surface area contributed by atoms with E-state index >= 15 is 0 Å². The van der Waals surface area contributed by atoms with Crippen molar-refractivity contribution in [3.05, 3.63) is 78.4 Å². The van der Waals surface area contributed by atoms with Crippen molar-refractivity contribution in [3.63, 3.8) is 0 Å². The highest BCUT2D eigenvalue weighted by molar-refractivity contribution is 8.00. The summed E-state index contributed by atoms with van der Waals surface area (Å²) < 4.78 is 0. The van der Waals surface area contributed by atoms with E-state index in [1.807, 2.05) is 36.4 Å². The predicted octanol–water partition coefficient (Wildman–Crippen LogP) is 4.04. The number of carbonyl (C=O) groups excluding carboxylic acids is 2. The number of imide groups is 1. The van der Waals surface area contributed by atoms with Crippen LogP contribution in [0.4, 0.5) is 5.69 Å². The molecule has 1 unspecified atom stereocenters. The maximum Gasteiger partial charge on any atom is 0.247 e. The van der Waals surface area contributed by atoms with E-state index in [4.69, 9.17) is 0 Å². The highest BCUT2D eigenvalue weighted by atomic mass is 32.2. The predicted molar refractivity (Wildman–Crippen MR) is 108 cm³/mol. The fraction of sp³-hybridized carbons (Fsp3) is 0.0909. The van der Waals surface area contributed by atoms with Crippen LogP contribution in [-0.4, -0.2) is 22.0 Å². The van der Waals surface area contributed by atoms with Gasteiger partial charge in [-0.2, -0.15) is 5.26 Å². The minimum atomic E-state index is -0.599. The molecule has 5 nitrogen and oxygen atoms in total. The van der Waals surface area contributed by atoms with Gasteiger partial charge in [-0.1, -0.05) is 60.3 Å². The highest BCUT2D eigenvalue weighted by Crippen LogP contribution is 2.35. The number of carbonyl (C=O) groups is 2. The molecule has 0 N–H and O–H groups in total. The van der Waals surface area contributed by atoms with Crippen LogP contribution >= 0.6 is 11.8 Å². The molecule has 0 radical (unpaired) electrons. The summed E-state index contributed by atoms with van der Waals surface area (Å²) in [6.45, 7) is 0. The van der Waals surface area contributed by atoms with Gasteiger partial charge in [-0.05, 0) is 24.3 Å². The summed E-state index contributed by atoms with van der Waals surface area (Å²) in [5.41, 5.74) is 2.60. The van der Waals surface area contributed by atoms with Crippen molar-refractivity contribution in [2.75, 3.05) is 4.90 Å². The average Bonchev–Trinajstić information content (AvgIpc) is 3.02. The lowest BCUT2D eigenvalue weighted by Gasteiger charge is -2.15. The molecule has 0 spiro atoms. The lowest BCUT2D eigenvalue weighted by Crippen LogP contribution is -2.31. The summed E-state index contributed by atoms with van der Waals surface area (Å²) in [6, 6.07) is 24.1. The van der Waals surface area contributed by atoms with Crippen molar-refractivity contribution in [1.29, 1.82) is 5.26 Å². The molecule has 2 heterocycles. The molecule has 1 aliphatic heterocycles. The molecule has 1 fully saturated rings. The fourth-order valence-corrected chi connectivity index (χ4v) is 4.16. The largest absolute Gasteiger partial charge is 0.274 e. The van der Waals surface area contributed by atoms with Gasteiger partial charge in [-0.15, -0.1) is 0 Å². The Morgan fingerprint density at radius 1 is 0.964 bits per heavy atom. The normalized spacial score (nSPS) is 16.2. The van der Waals surface area contributed by atoms with Crippen LogP contribution in [0.5, 0.6) is 0 Å². The quantitative estimate of drug-likeness (QED) is 0.634. The monoisotopic (exact) mass is 385 g/mol. The van der Waals surface area contributed by atoms with Crippen molar-refractivity contribution >= 4 is 29.3 Å². The molecule has 4 rings (SSSR count). The van der Waals surface area contributed by atoms with Gasteiger partial charge in [-0.3, -0.25) is 9.59 Å². The third kappa shape index (κ3) is 3.40. The summed E-state index contributed by atoms with van der Waals surface area (Å²) in [7, 11) is 0. The molecule has 3 aromatic rings. The van der Waals surface area contributed by atoms with Gasteiger partial charge in [0.2, 0.25) is 11.8 Å². The number of nitrogens with zero attached hydrogens (tertiary/aromatic N) is 3. The first-order valence-corrected chi connectivity index (χ1v) is 9.60. The molecule has 1 saturated heterocycles. The summed E-state index contributed by atoms with van der Waals surface area (Å²) >= 11 is 1.18. The summed E-state index contributed by atoms with van der Waals surface area (Å²) in [6.07, 6.45) is 0.0838. The number of benzene rings is 2. The highest BCUT2D eigenvalue weighted by Gasteiger charge is 2.40. The molecule has 0 saturated carbocycles. The van der Waals surface area contributed by atoms with Gasteiger partial charge < -0.3 is 0 Å². The minimum absolute atomic E-state index is 0.0838. The molecular weight excluding hydrogens is 370 g/mol. The molecule has 0 bridgehead atoms. The number of para-hydroxylation sites is 1. The van der Waals surface area contributed by atoms with Crippen LogP contribution in [0.1, 0.15) is 12.0 Å². The molecule has 28 heavy (non-hydrogen) atoms. The second-order valence-electron chi connectivity index (χ2n) is 6.24. The molecule has 1 aliphatic rings. The van der Waals surface area contributed by atoms with Crippen molar-refractivity contribution < 1.29 is 9.59 Å². The van der Waals surface area contributed by atoms with Crippen LogP contribution in [-0.2, 0) is 9.59 Å². The molecule has 136 valence electrons. The topological polar surface area (TPSA) is 74.1 Å². The second kappa shape index (κ2) is 7.67. The van der Waals surface area contributed by atoms with Crippen molar-refractivity contribution in [2.24, 2.45) is 0 Å². The Morgan fingerprint density at radius 3 is 2.32 bits per heavy atom. The van der Waals surface area contributed by atoms with Gasteiger partial charge in [-0.25, -0.2) is 9.88 Å². The third-order valence-corrected chi connectivity index (χ3v) is 5.61. The van der Waals surface area contributed by atoms with Crippen LogP contribution in [0.2, 0.25) is 0 Å². The van der Waals surface area contributed by atoms with Crippen LogP contribution in [0, 0.1) is 11.3 Å². The zero-order chi connectivity index (χ0) is 19.5. The second-order valence-corrected chi connectivity index (χ2v) is 7.43. The lowest BCUT2D eigenvalue weighted by atomic mass is 10.1. The maximum absolute atomic E-state index is 12.8. The molecule has 2 aromatic carbocycles. The lowest BCUT2D eigenvalue weighted by molar-refractivity contribution is -0.121. The molecule has 2 amide bonds. The Balaban J connectivity index is 1.63. The van der Waals surface area contributed by atoms with Gasteiger partial charge in [0.25, 0.3) is 0 Å². The Morgan fingerprint density at radius 2 is 1.64 bits per heavy atom. The Hall–Kier alpha value is -3.43. The first-order valence-electron chi connectivity index (χ1n) is 8.72. The van der Waals surface area contributed by atoms with Crippen molar-refractivity contribution in [3.8, 4) is 17.3 Å². The standard InChI is InChI=1S/C22H15N3O2S/c23-14-16-11-12-18(15-7-3-1-4-8-15)24-21(16)28-19-13-20(26)25(22(19)27)17-9-5-2-6-10-17/h1-12,19H,13H2. The molecule has 1 aromatic heterocycles. The molecule has 6 heteroatoms. The maximum atomic E-state index is 12.8. The number of rotatable bonds is 4. The summed E-state index contributed by atoms with van der Waals surface area (Å²) in [5.74, 6) is -0.525. The molecular formula is C22H15N3O2S.